The second-order valence-electron chi connectivity index (χ2n) is 6.43. The number of anilines is 1. The Morgan fingerprint density at radius 1 is 1.30 bits per heavy atom. The van der Waals surface area contributed by atoms with E-state index in [0.717, 1.165) is 0 Å². The first kappa shape index (κ1) is 18.3. The minimum Gasteiger partial charge on any atom is -0.361 e. The molecule has 0 radical (unpaired) electrons. The molecular formula is C18H19N5O4. The fourth-order valence-corrected chi connectivity index (χ4v) is 2.60. The summed E-state index contributed by atoms with van der Waals surface area (Å²) in [7, 11) is 0. The predicted molar refractivity (Wildman–Crippen MR) is 97.7 cm³/mol. The lowest BCUT2D eigenvalue weighted by atomic mass is 10.0. The molecule has 0 saturated carbocycles. The van der Waals surface area contributed by atoms with Gasteiger partial charge in [-0.2, -0.15) is 4.68 Å². The third-order valence-corrected chi connectivity index (χ3v) is 4.17. The van der Waals surface area contributed by atoms with Crippen LogP contribution in [0, 0.1) is 17.0 Å². The van der Waals surface area contributed by atoms with E-state index in [1.54, 1.807) is 6.92 Å². The van der Waals surface area contributed by atoms with Gasteiger partial charge in [0, 0.05) is 5.69 Å². The van der Waals surface area contributed by atoms with Crippen LogP contribution in [0.15, 0.2) is 41.1 Å². The average Bonchev–Trinajstić information content (AvgIpc) is 3.23. The summed E-state index contributed by atoms with van der Waals surface area (Å²) in [6.45, 7) is 6.00. The van der Waals surface area contributed by atoms with Crippen LogP contribution in [0.25, 0.3) is 0 Å². The Bertz CT molecular complexity index is 972. The lowest BCUT2D eigenvalue weighted by Crippen LogP contribution is -2.16. The number of rotatable bonds is 6. The molecule has 0 bridgehead atoms. The highest BCUT2D eigenvalue weighted by Crippen LogP contribution is 2.20. The van der Waals surface area contributed by atoms with Crippen molar-refractivity contribution < 1.29 is 14.2 Å². The Morgan fingerprint density at radius 3 is 2.59 bits per heavy atom. The van der Waals surface area contributed by atoms with Crippen molar-refractivity contribution in [2.75, 3.05) is 5.32 Å². The molecule has 1 N–H and O–H groups in total. The predicted octanol–water partition coefficient (Wildman–Crippen LogP) is 3.51. The number of amides is 1. The highest BCUT2D eigenvalue weighted by Gasteiger charge is 2.22. The molecule has 0 saturated heterocycles. The summed E-state index contributed by atoms with van der Waals surface area (Å²) < 4.78 is 6.51. The second-order valence-corrected chi connectivity index (χ2v) is 6.43. The van der Waals surface area contributed by atoms with Gasteiger partial charge < -0.3 is 20.0 Å². The molecule has 0 atom stereocenters. The Labute approximate surface area is 155 Å². The smallest absolute Gasteiger partial charge is 0.361 e. The monoisotopic (exact) mass is 369 g/mol. The normalized spacial score (nSPS) is 11.0. The van der Waals surface area contributed by atoms with Gasteiger partial charge in [0.2, 0.25) is 0 Å². The maximum atomic E-state index is 12.6. The van der Waals surface area contributed by atoms with Crippen molar-refractivity contribution in [2.45, 2.75) is 33.2 Å². The Balaban J connectivity index is 1.78. The van der Waals surface area contributed by atoms with Gasteiger partial charge in [0.25, 0.3) is 5.91 Å². The molecule has 3 rings (SSSR count). The first-order valence-corrected chi connectivity index (χ1v) is 8.39. The van der Waals surface area contributed by atoms with Crippen molar-refractivity contribution in [3.8, 4) is 0 Å². The number of benzene rings is 1. The zero-order chi connectivity index (χ0) is 19.6. The van der Waals surface area contributed by atoms with E-state index in [4.69, 9.17) is 4.52 Å². The number of aryl methyl sites for hydroxylation is 1. The average molecular weight is 369 g/mol. The summed E-state index contributed by atoms with van der Waals surface area (Å²) in [6.07, 6.45) is 1.47. The van der Waals surface area contributed by atoms with Gasteiger partial charge in [-0.05, 0) is 35.5 Å². The van der Waals surface area contributed by atoms with Gasteiger partial charge in [-0.25, -0.2) is 0 Å². The molecule has 2 heterocycles. The maximum Gasteiger partial charge on any atom is 0.389 e. The molecule has 0 fully saturated rings. The molecule has 27 heavy (non-hydrogen) atoms. The van der Waals surface area contributed by atoms with Crippen LogP contribution < -0.4 is 5.32 Å². The molecule has 0 aliphatic rings. The third-order valence-electron chi connectivity index (χ3n) is 4.17. The summed E-state index contributed by atoms with van der Waals surface area (Å²) in [5, 5.41) is 21.2. The van der Waals surface area contributed by atoms with E-state index in [2.05, 4.69) is 29.4 Å². The van der Waals surface area contributed by atoms with E-state index in [-0.39, 0.29) is 18.1 Å². The summed E-state index contributed by atoms with van der Waals surface area (Å²) in [5.41, 5.74) is 2.46. The van der Waals surface area contributed by atoms with E-state index in [0.29, 0.717) is 22.9 Å². The number of nitro groups is 1. The maximum absolute atomic E-state index is 12.6. The number of aromatic nitrogens is 3. The molecule has 1 aromatic carbocycles. The highest BCUT2D eigenvalue weighted by molar-refractivity contribution is 6.03. The standard InChI is InChI=1S/C18H19N5O4/c1-11(2)13-4-6-14(7-5-13)19-18(24)17-15(12(3)27-21-17)10-22-9-8-16(20-22)23(25)26/h4-9,11H,10H2,1-3H3,(H,19,24). The Kier molecular flexibility index (Phi) is 5.02. The van der Waals surface area contributed by atoms with Crippen molar-refractivity contribution >= 4 is 17.4 Å². The van der Waals surface area contributed by atoms with Crippen LogP contribution in [0.2, 0.25) is 0 Å². The fraction of sp³-hybridized carbons (Fsp3) is 0.278. The van der Waals surface area contributed by atoms with Crippen LogP contribution in [0.3, 0.4) is 0 Å². The highest BCUT2D eigenvalue weighted by atomic mass is 16.6. The summed E-state index contributed by atoms with van der Waals surface area (Å²) in [4.78, 5) is 22.8. The summed E-state index contributed by atoms with van der Waals surface area (Å²) in [5.74, 6) is 0.173. The van der Waals surface area contributed by atoms with Gasteiger partial charge in [-0.3, -0.25) is 4.79 Å². The summed E-state index contributed by atoms with van der Waals surface area (Å²) in [6, 6.07) is 8.86. The van der Waals surface area contributed by atoms with Crippen LogP contribution in [0.1, 0.15) is 47.1 Å². The first-order valence-electron chi connectivity index (χ1n) is 8.39. The van der Waals surface area contributed by atoms with Crippen LogP contribution in [-0.4, -0.2) is 25.8 Å². The van der Waals surface area contributed by atoms with Gasteiger partial charge in [0.15, 0.2) is 5.69 Å². The van der Waals surface area contributed by atoms with Crippen molar-refractivity contribution in [3.63, 3.8) is 0 Å². The minimum absolute atomic E-state index is 0.124. The van der Waals surface area contributed by atoms with Crippen LogP contribution in [-0.2, 0) is 6.54 Å². The molecule has 9 nitrogen and oxygen atoms in total. The minimum atomic E-state index is -0.578. The van der Waals surface area contributed by atoms with E-state index >= 15 is 0 Å². The van der Waals surface area contributed by atoms with Crippen LogP contribution in [0.5, 0.6) is 0 Å². The van der Waals surface area contributed by atoms with Crippen molar-refractivity contribution in [1.82, 2.24) is 14.9 Å². The number of nitrogens with zero attached hydrogens (tertiary/aromatic N) is 4. The zero-order valence-electron chi connectivity index (χ0n) is 15.2. The molecular weight excluding hydrogens is 350 g/mol. The Morgan fingerprint density at radius 2 is 2.00 bits per heavy atom. The molecule has 0 unspecified atom stereocenters. The van der Waals surface area contributed by atoms with Crippen molar-refractivity contribution in [2.24, 2.45) is 0 Å². The van der Waals surface area contributed by atoms with Crippen LogP contribution >= 0.6 is 0 Å². The second kappa shape index (κ2) is 7.40. The molecule has 0 aliphatic carbocycles. The molecule has 9 heteroatoms. The van der Waals surface area contributed by atoms with Crippen LogP contribution in [0.4, 0.5) is 11.5 Å². The first-order chi connectivity index (χ1) is 12.8. The molecule has 3 aromatic rings. The topological polar surface area (TPSA) is 116 Å². The van der Waals surface area contributed by atoms with E-state index < -0.39 is 10.8 Å². The van der Waals surface area contributed by atoms with Crippen molar-refractivity contribution in [3.05, 3.63) is 69.2 Å². The molecule has 1 amide bonds. The van der Waals surface area contributed by atoms with Gasteiger partial charge in [-0.1, -0.05) is 31.1 Å². The number of hydrogen-bond acceptors (Lipinski definition) is 6. The number of nitrogens with one attached hydrogen (secondary N) is 1. The van der Waals surface area contributed by atoms with Gasteiger partial charge in [-0.15, -0.1) is 0 Å². The van der Waals surface area contributed by atoms with Gasteiger partial charge in [0.05, 0.1) is 29.5 Å². The third kappa shape index (κ3) is 4.02. The van der Waals surface area contributed by atoms with E-state index in [1.165, 1.54) is 22.5 Å². The molecule has 2 aromatic heterocycles. The Hall–Kier alpha value is -3.49. The number of hydrogen-bond donors (Lipinski definition) is 1. The molecule has 140 valence electrons. The SMILES string of the molecule is Cc1onc(C(=O)Nc2ccc(C(C)C)cc2)c1Cn1ccc([N+](=O)[O-])n1. The van der Waals surface area contributed by atoms with Gasteiger partial charge in [0.1, 0.15) is 5.76 Å². The quantitative estimate of drug-likeness (QED) is 0.525. The molecule has 0 spiro atoms. The molecule has 0 aliphatic heterocycles. The fourth-order valence-electron chi connectivity index (χ4n) is 2.60. The summed E-state index contributed by atoms with van der Waals surface area (Å²) >= 11 is 0. The largest absolute Gasteiger partial charge is 0.389 e. The van der Waals surface area contributed by atoms with E-state index in [9.17, 15) is 14.9 Å². The van der Waals surface area contributed by atoms with Crippen molar-refractivity contribution in [1.29, 1.82) is 0 Å². The number of carbonyl (C=O) groups excluding carboxylic acids is 1. The number of carbonyl (C=O) groups is 1. The van der Waals surface area contributed by atoms with E-state index in [1.807, 2.05) is 24.3 Å². The zero-order valence-corrected chi connectivity index (χ0v) is 15.2. The lowest BCUT2D eigenvalue weighted by Gasteiger charge is -2.08. The van der Waals surface area contributed by atoms with Gasteiger partial charge >= 0.3 is 5.82 Å². The lowest BCUT2D eigenvalue weighted by molar-refractivity contribution is -0.389.